The number of imide groups is 2. The Morgan fingerprint density at radius 1 is 1.19 bits per heavy atom. The predicted molar refractivity (Wildman–Crippen MR) is 75.4 cm³/mol. The van der Waals surface area contributed by atoms with E-state index in [0.29, 0.717) is 13.2 Å². The number of urea groups is 1. The van der Waals surface area contributed by atoms with Crippen molar-refractivity contribution in [3.8, 4) is 0 Å². The summed E-state index contributed by atoms with van der Waals surface area (Å²) in [6.07, 6.45) is 1.49. The average Bonchev–Trinajstić information content (AvgIpc) is 2.66. The van der Waals surface area contributed by atoms with Crippen LogP contribution in [-0.2, 0) is 20.9 Å². The predicted octanol–water partition coefficient (Wildman–Crippen LogP) is 0.501. The summed E-state index contributed by atoms with van der Waals surface area (Å²) in [6, 6.07) is 1.09. The van der Waals surface area contributed by atoms with Gasteiger partial charge in [-0.05, 0) is 31.6 Å². The molecule has 1 aliphatic heterocycles. The fraction of sp³-hybridized carbons (Fsp3) is 0.357. The number of methoxy groups -OCH3 is 1. The Balaban J connectivity index is 2.34. The second kappa shape index (κ2) is 5.92. The first-order valence-corrected chi connectivity index (χ1v) is 6.48. The summed E-state index contributed by atoms with van der Waals surface area (Å²) in [5.74, 6) is -1.38. The van der Waals surface area contributed by atoms with E-state index in [2.05, 4.69) is 10.6 Å². The van der Waals surface area contributed by atoms with E-state index in [-0.39, 0.29) is 5.57 Å². The molecular formula is C14H17N3O4. The Morgan fingerprint density at radius 2 is 1.81 bits per heavy atom. The van der Waals surface area contributed by atoms with Gasteiger partial charge in [-0.1, -0.05) is 0 Å². The van der Waals surface area contributed by atoms with Crippen LogP contribution in [-0.4, -0.2) is 36.1 Å². The number of nitrogens with zero attached hydrogens (tertiary/aromatic N) is 1. The normalized spacial score (nSPS) is 15.0. The van der Waals surface area contributed by atoms with E-state index in [1.54, 1.807) is 7.11 Å². The van der Waals surface area contributed by atoms with Crippen LogP contribution in [0, 0.1) is 13.8 Å². The molecule has 2 rings (SSSR count). The molecule has 0 aromatic carbocycles. The molecule has 2 heterocycles. The molecule has 0 unspecified atom stereocenters. The van der Waals surface area contributed by atoms with E-state index < -0.39 is 17.8 Å². The molecule has 21 heavy (non-hydrogen) atoms. The summed E-state index contributed by atoms with van der Waals surface area (Å²) in [7, 11) is 1.63. The number of carbonyl (C=O) groups is 3. The zero-order chi connectivity index (χ0) is 15.6. The van der Waals surface area contributed by atoms with Gasteiger partial charge in [-0.2, -0.15) is 0 Å². The van der Waals surface area contributed by atoms with Crippen LogP contribution >= 0.6 is 0 Å². The Labute approximate surface area is 122 Å². The highest BCUT2D eigenvalue weighted by Gasteiger charge is 2.28. The van der Waals surface area contributed by atoms with Crippen molar-refractivity contribution in [1.82, 2.24) is 15.2 Å². The minimum atomic E-state index is -0.798. The summed E-state index contributed by atoms with van der Waals surface area (Å²) < 4.78 is 7.10. The third kappa shape index (κ3) is 3.03. The van der Waals surface area contributed by atoms with E-state index in [4.69, 9.17) is 4.74 Å². The standard InChI is InChI=1S/C14H17N3O4/c1-8-6-10(9(2)17(8)4-5-21-3)7-11-12(18)15-14(20)16-13(11)19/h6-7H,4-5H2,1-3H3,(H2,15,16,18,19,20). The lowest BCUT2D eigenvalue weighted by atomic mass is 10.1. The van der Waals surface area contributed by atoms with Crippen LogP contribution in [0.4, 0.5) is 4.79 Å². The number of hydrogen-bond acceptors (Lipinski definition) is 4. The van der Waals surface area contributed by atoms with Crippen molar-refractivity contribution in [1.29, 1.82) is 0 Å². The van der Waals surface area contributed by atoms with Crippen molar-refractivity contribution < 1.29 is 19.1 Å². The molecule has 1 saturated heterocycles. The molecule has 1 aromatic rings. The smallest absolute Gasteiger partial charge is 0.328 e. The Bertz CT molecular complexity index is 621. The van der Waals surface area contributed by atoms with Crippen LogP contribution < -0.4 is 10.6 Å². The molecule has 1 aliphatic rings. The van der Waals surface area contributed by atoms with Gasteiger partial charge < -0.3 is 9.30 Å². The second-order valence-corrected chi connectivity index (χ2v) is 4.77. The van der Waals surface area contributed by atoms with Gasteiger partial charge in [-0.15, -0.1) is 0 Å². The van der Waals surface area contributed by atoms with E-state index >= 15 is 0 Å². The number of barbiturate groups is 1. The van der Waals surface area contributed by atoms with Crippen molar-refractivity contribution in [2.75, 3.05) is 13.7 Å². The number of nitrogens with one attached hydrogen (secondary N) is 2. The van der Waals surface area contributed by atoms with E-state index in [9.17, 15) is 14.4 Å². The molecule has 2 N–H and O–H groups in total. The largest absolute Gasteiger partial charge is 0.383 e. The molecule has 7 nitrogen and oxygen atoms in total. The van der Waals surface area contributed by atoms with Gasteiger partial charge in [-0.25, -0.2) is 4.79 Å². The molecular weight excluding hydrogens is 274 g/mol. The van der Waals surface area contributed by atoms with Crippen LogP contribution in [0.3, 0.4) is 0 Å². The molecule has 0 bridgehead atoms. The van der Waals surface area contributed by atoms with Crippen molar-refractivity contribution in [3.63, 3.8) is 0 Å². The molecule has 112 valence electrons. The number of hydrogen-bond donors (Lipinski definition) is 2. The number of ether oxygens (including phenoxy) is 1. The maximum atomic E-state index is 11.7. The van der Waals surface area contributed by atoms with Gasteiger partial charge in [0.25, 0.3) is 11.8 Å². The van der Waals surface area contributed by atoms with Crippen molar-refractivity contribution in [2.24, 2.45) is 0 Å². The topological polar surface area (TPSA) is 89.4 Å². The summed E-state index contributed by atoms with van der Waals surface area (Å²) >= 11 is 0. The van der Waals surface area contributed by atoms with Crippen LogP contribution in [0.25, 0.3) is 6.08 Å². The van der Waals surface area contributed by atoms with Crippen LogP contribution in [0.5, 0.6) is 0 Å². The minimum Gasteiger partial charge on any atom is -0.383 e. The maximum absolute atomic E-state index is 11.7. The van der Waals surface area contributed by atoms with Crippen LogP contribution in [0.15, 0.2) is 11.6 Å². The highest BCUT2D eigenvalue weighted by molar-refractivity contribution is 6.31. The number of aromatic nitrogens is 1. The van der Waals surface area contributed by atoms with Gasteiger partial charge in [0.2, 0.25) is 0 Å². The van der Waals surface area contributed by atoms with Gasteiger partial charge in [-0.3, -0.25) is 20.2 Å². The second-order valence-electron chi connectivity index (χ2n) is 4.77. The average molecular weight is 291 g/mol. The van der Waals surface area contributed by atoms with Gasteiger partial charge in [0.15, 0.2) is 0 Å². The Hall–Kier alpha value is -2.41. The number of carbonyl (C=O) groups excluding carboxylic acids is 3. The summed E-state index contributed by atoms with van der Waals surface area (Å²) in [4.78, 5) is 34.4. The minimum absolute atomic E-state index is 0.0819. The van der Waals surface area contributed by atoms with Crippen LogP contribution in [0.1, 0.15) is 17.0 Å². The fourth-order valence-electron chi connectivity index (χ4n) is 2.26. The lowest BCUT2D eigenvalue weighted by molar-refractivity contribution is -0.123. The molecule has 0 atom stereocenters. The Kier molecular flexibility index (Phi) is 4.23. The molecule has 7 heteroatoms. The van der Waals surface area contributed by atoms with Crippen molar-refractivity contribution in [2.45, 2.75) is 20.4 Å². The van der Waals surface area contributed by atoms with Crippen molar-refractivity contribution >= 4 is 23.9 Å². The summed E-state index contributed by atoms with van der Waals surface area (Å²) in [6.45, 7) is 5.10. The quantitative estimate of drug-likeness (QED) is 0.624. The first-order valence-electron chi connectivity index (χ1n) is 6.48. The molecule has 0 aliphatic carbocycles. The van der Waals surface area contributed by atoms with Gasteiger partial charge in [0.1, 0.15) is 5.57 Å². The summed E-state index contributed by atoms with van der Waals surface area (Å²) in [5, 5.41) is 4.10. The molecule has 4 amide bonds. The maximum Gasteiger partial charge on any atom is 0.328 e. The van der Waals surface area contributed by atoms with E-state index in [1.165, 1.54) is 6.08 Å². The van der Waals surface area contributed by atoms with Gasteiger partial charge in [0.05, 0.1) is 6.61 Å². The fourth-order valence-corrected chi connectivity index (χ4v) is 2.26. The zero-order valence-electron chi connectivity index (χ0n) is 12.1. The third-order valence-corrected chi connectivity index (χ3v) is 3.38. The SMILES string of the molecule is COCCn1c(C)cc(C=C2C(=O)NC(=O)NC2=O)c1C. The highest BCUT2D eigenvalue weighted by atomic mass is 16.5. The third-order valence-electron chi connectivity index (χ3n) is 3.38. The van der Waals surface area contributed by atoms with Gasteiger partial charge >= 0.3 is 6.03 Å². The summed E-state index contributed by atoms with van der Waals surface area (Å²) in [5.41, 5.74) is 2.61. The zero-order valence-corrected chi connectivity index (χ0v) is 12.1. The lowest BCUT2D eigenvalue weighted by Crippen LogP contribution is -2.51. The number of aryl methyl sites for hydroxylation is 1. The molecule has 1 aromatic heterocycles. The molecule has 1 fully saturated rings. The lowest BCUT2D eigenvalue weighted by Gasteiger charge is -2.14. The molecule has 0 spiro atoms. The highest BCUT2D eigenvalue weighted by Crippen LogP contribution is 2.19. The molecule has 0 radical (unpaired) electrons. The van der Waals surface area contributed by atoms with E-state index in [1.807, 2.05) is 24.5 Å². The first-order chi connectivity index (χ1) is 9.93. The monoisotopic (exact) mass is 291 g/mol. The Morgan fingerprint density at radius 3 is 2.38 bits per heavy atom. The first kappa shape index (κ1) is 15.0. The number of rotatable bonds is 4. The van der Waals surface area contributed by atoms with Gasteiger partial charge in [0, 0.05) is 25.0 Å². The van der Waals surface area contributed by atoms with Crippen LogP contribution in [0.2, 0.25) is 0 Å². The molecule has 0 saturated carbocycles. The van der Waals surface area contributed by atoms with E-state index in [0.717, 1.165) is 17.0 Å². The van der Waals surface area contributed by atoms with Crippen molar-refractivity contribution in [3.05, 3.63) is 28.6 Å². The number of amides is 4.